The van der Waals surface area contributed by atoms with E-state index in [1.54, 1.807) is 25.4 Å². The number of nitrogens with one attached hydrogen (secondary N) is 3. The van der Waals surface area contributed by atoms with Crippen molar-refractivity contribution in [2.24, 2.45) is 0 Å². The minimum Gasteiger partial charge on any atom is -0.373 e. The third kappa shape index (κ3) is 5.54. The van der Waals surface area contributed by atoms with E-state index < -0.39 is 0 Å². The third-order valence-corrected chi connectivity index (χ3v) is 6.64. The summed E-state index contributed by atoms with van der Waals surface area (Å²) in [6, 6.07) is 9.84. The second kappa shape index (κ2) is 10.5. The Morgan fingerprint density at radius 1 is 1.12 bits per heavy atom. The molecule has 1 aliphatic rings. The number of aromatic nitrogens is 2. The molecule has 0 atom stereocenters. The Labute approximate surface area is 196 Å². The third-order valence-electron chi connectivity index (χ3n) is 5.63. The lowest BCUT2D eigenvalue weighted by Crippen LogP contribution is -2.25. The number of amides is 1. The van der Waals surface area contributed by atoms with Crippen LogP contribution >= 0.6 is 11.3 Å². The van der Waals surface area contributed by atoms with E-state index in [1.165, 1.54) is 37.8 Å². The maximum atomic E-state index is 13.0. The van der Waals surface area contributed by atoms with Gasteiger partial charge in [0.2, 0.25) is 0 Å². The SMILES string of the molecule is CNc1nc(N2CCCCCC2)ccc1C(=N)c1cnc(C(=O)NCc2ccc(F)cc2)s1. The van der Waals surface area contributed by atoms with Crippen molar-refractivity contribution in [2.75, 3.05) is 30.4 Å². The molecule has 1 aliphatic heterocycles. The first-order valence-electron chi connectivity index (χ1n) is 11.1. The number of anilines is 2. The van der Waals surface area contributed by atoms with E-state index >= 15 is 0 Å². The Morgan fingerprint density at radius 3 is 2.55 bits per heavy atom. The van der Waals surface area contributed by atoms with Gasteiger partial charge in [0.15, 0.2) is 5.01 Å². The number of pyridine rings is 1. The first kappa shape index (κ1) is 22.8. The summed E-state index contributed by atoms with van der Waals surface area (Å²) in [4.78, 5) is 24.3. The number of hydrogen-bond donors (Lipinski definition) is 3. The average Bonchev–Trinajstić information content (AvgIpc) is 3.18. The summed E-state index contributed by atoms with van der Waals surface area (Å²) in [5.74, 6) is 0.912. The van der Waals surface area contributed by atoms with Gasteiger partial charge in [-0.2, -0.15) is 0 Å². The second-order valence-corrected chi connectivity index (χ2v) is 8.96. The maximum absolute atomic E-state index is 13.0. The Hall–Kier alpha value is -3.33. The van der Waals surface area contributed by atoms with Gasteiger partial charge < -0.3 is 15.5 Å². The summed E-state index contributed by atoms with van der Waals surface area (Å²) < 4.78 is 13.0. The Balaban J connectivity index is 1.45. The number of hydrogen-bond acceptors (Lipinski definition) is 7. The predicted octanol–water partition coefficient (Wildman–Crippen LogP) is 4.45. The van der Waals surface area contributed by atoms with E-state index in [1.807, 2.05) is 12.1 Å². The molecule has 0 aliphatic carbocycles. The summed E-state index contributed by atoms with van der Waals surface area (Å²) in [7, 11) is 1.80. The van der Waals surface area contributed by atoms with Crippen molar-refractivity contribution in [1.29, 1.82) is 5.41 Å². The molecule has 3 heterocycles. The van der Waals surface area contributed by atoms with Crippen LogP contribution < -0.4 is 15.5 Å². The lowest BCUT2D eigenvalue weighted by atomic mass is 10.1. The van der Waals surface area contributed by atoms with Gasteiger partial charge in [0.25, 0.3) is 5.91 Å². The Bertz CT molecular complexity index is 1120. The predicted molar refractivity (Wildman–Crippen MR) is 130 cm³/mol. The Morgan fingerprint density at radius 2 is 1.85 bits per heavy atom. The van der Waals surface area contributed by atoms with E-state index in [9.17, 15) is 9.18 Å². The van der Waals surface area contributed by atoms with Gasteiger partial charge in [-0.25, -0.2) is 14.4 Å². The molecule has 1 fully saturated rings. The lowest BCUT2D eigenvalue weighted by molar-refractivity contribution is 0.0950. The van der Waals surface area contributed by atoms with Crippen LogP contribution in [0, 0.1) is 11.2 Å². The molecule has 33 heavy (non-hydrogen) atoms. The van der Waals surface area contributed by atoms with Crippen LogP contribution in [0.3, 0.4) is 0 Å². The van der Waals surface area contributed by atoms with Crippen molar-refractivity contribution in [3.05, 3.63) is 69.4 Å². The Kier molecular flexibility index (Phi) is 7.29. The molecule has 1 saturated heterocycles. The number of thiazole rings is 1. The van der Waals surface area contributed by atoms with E-state index in [0.29, 0.717) is 16.3 Å². The summed E-state index contributed by atoms with van der Waals surface area (Å²) in [5.41, 5.74) is 1.73. The van der Waals surface area contributed by atoms with Crippen LogP contribution in [-0.4, -0.2) is 41.7 Å². The van der Waals surface area contributed by atoms with Gasteiger partial charge in [-0.1, -0.05) is 25.0 Å². The van der Waals surface area contributed by atoms with E-state index in [4.69, 9.17) is 10.4 Å². The molecule has 7 nitrogen and oxygen atoms in total. The van der Waals surface area contributed by atoms with Gasteiger partial charge in [0.05, 0.1) is 10.6 Å². The van der Waals surface area contributed by atoms with Crippen molar-refractivity contribution in [3.63, 3.8) is 0 Å². The van der Waals surface area contributed by atoms with Crippen molar-refractivity contribution >= 4 is 34.6 Å². The fraction of sp³-hybridized carbons (Fsp3) is 0.333. The highest BCUT2D eigenvalue weighted by Crippen LogP contribution is 2.25. The molecule has 0 bridgehead atoms. The van der Waals surface area contributed by atoms with E-state index in [-0.39, 0.29) is 29.0 Å². The van der Waals surface area contributed by atoms with Crippen molar-refractivity contribution in [1.82, 2.24) is 15.3 Å². The molecule has 0 unspecified atom stereocenters. The van der Waals surface area contributed by atoms with Gasteiger partial charge in [-0.15, -0.1) is 11.3 Å². The van der Waals surface area contributed by atoms with Crippen LogP contribution in [-0.2, 0) is 6.54 Å². The smallest absolute Gasteiger partial charge is 0.280 e. The molecule has 3 aromatic rings. The van der Waals surface area contributed by atoms with Gasteiger partial charge >= 0.3 is 0 Å². The zero-order valence-corrected chi connectivity index (χ0v) is 19.3. The largest absolute Gasteiger partial charge is 0.373 e. The van der Waals surface area contributed by atoms with E-state index in [0.717, 1.165) is 35.8 Å². The number of nitrogens with zero attached hydrogens (tertiary/aromatic N) is 3. The van der Waals surface area contributed by atoms with Crippen LogP contribution in [0.5, 0.6) is 0 Å². The first-order valence-corrected chi connectivity index (χ1v) is 11.9. The normalized spacial score (nSPS) is 13.9. The molecule has 172 valence electrons. The van der Waals surface area contributed by atoms with Crippen LogP contribution in [0.15, 0.2) is 42.6 Å². The summed E-state index contributed by atoms with van der Waals surface area (Å²) in [5, 5.41) is 14.9. The molecular weight excluding hydrogens is 439 g/mol. The fourth-order valence-electron chi connectivity index (χ4n) is 3.80. The molecule has 2 aromatic heterocycles. The summed E-state index contributed by atoms with van der Waals surface area (Å²) in [6.07, 6.45) is 6.39. The first-order chi connectivity index (χ1) is 16.0. The zero-order chi connectivity index (χ0) is 23.2. The van der Waals surface area contributed by atoms with Gasteiger partial charge in [-0.05, 0) is 42.7 Å². The molecule has 3 N–H and O–H groups in total. The fourth-order valence-corrected chi connectivity index (χ4v) is 4.60. The van der Waals surface area contributed by atoms with Crippen molar-refractivity contribution in [3.8, 4) is 0 Å². The quantitative estimate of drug-likeness (QED) is 0.448. The molecule has 1 amide bonds. The molecule has 1 aromatic carbocycles. The highest BCUT2D eigenvalue weighted by molar-refractivity contribution is 7.15. The highest BCUT2D eigenvalue weighted by Gasteiger charge is 2.19. The maximum Gasteiger partial charge on any atom is 0.280 e. The second-order valence-electron chi connectivity index (χ2n) is 7.93. The number of carbonyl (C=O) groups is 1. The zero-order valence-electron chi connectivity index (χ0n) is 18.5. The summed E-state index contributed by atoms with van der Waals surface area (Å²) >= 11 is 1.16. The molecule has 4 rings (SSSR count). The lowest BCUT2D eigenvalue weighted by Gasteiger charge is -2.22. The van der Waals surface area contributed by atoms with Gasteiger partial charge in [0.1, 0.15) is 17.5 Å². The summed E-state index contributed by atoms with van der Waals surface area (Å²) in [6.45, 7) is 2.27. The number of benzene rings is 1. The van der Waals surface area contributed by atoms with Crippen LogP contribution in [0.2, 0.25) is 0 Å². The van der Waals surface area contributed by atoms with Crippen LogP contribution in [0.1, 0.15) is 51.5 Å². The minimum atomic E-state index is -0.327. The topological polar surface area (TPSA) is 94.0 Å². The average molecular weight is 467 g/mol. The molecule has 9 heteroatoms. The molecule has 0 radical (unpaired) electrons. The number of carbonyl (C=O) groups excluding carboxylic acids is 1. The molecule has 0 spiro atoms. The standard InChI is InChI=1S/C24H27FN6OS/c1-27-22-18(10-11-20(30-22)31-12-4-2-3-5-13-31)21(26)19-15-29-24(33-19)23(32)28-14-16-6-8-17(25)9-7-16/h6-11,15,26H,2-5,12-14H2,1H3,(H,27,30)(H,28,32). The number of rotatable bonds is 7. The van der Waals surface area contributed by atoms with Gasteiger partial charge in [-0.3, -0.25) is 10.2 Å². The minimum absolute atomic E-state index is 0.268. The number of halogens is 1. The molecular formula is C24H27FN6OS. The van der Waals surface area contributed by atoms with Crippen molar-refractivity contribution < 1.29 is 9.18 Å². The van der Waals surface area contributed by atoms with Gasteiger partial charge in [0, 0.05) is 38.4 Å². The van der Waals surface area contributed by atoms with Crippen LogP contribution in [0.4, 0.5) is 16.0 Å². The monoisotopic (exact) mass is 466 g/mol. The van der Waals surface area contributed by atoms with Crippen LogP contribution in [0.25, 0.3) is 0 Å². The highest BCUT2D eigenvalue weighted by atomic mass is 32.1. The molecule has 0 saturated carbocycles. The van der Waals surface area contributed by atoms with Crippen molar-refractivity contribution in [2.45, 2.75) is 32.2 Å². The van der Waals surface area contributed by atoms with E-state index in [2.05, 4.69) is 20.5 Å².